The second-order valence-electron chi connectivity index (χ2n) is 6.60. The molecule has 1 atom stereocenters. The van der Waals surface area contributed by atoms with Crippen molar-refractivity contribution in [2.45, 2.75) is 24.3 Å². The summed E-state index contributed by atoms with van der Waals surface area (Å²) in [5.41, 5.74) is 1.94. The lowest BCUT2D eigenvalue weighted by Crippen LogP contribution is -2.35. The van der Waals surface area contributed by atoms with Gasteiger partial charge < -0.3 is 10.4 Å². The summed E-state index contributed by atoms with van der Waals surface area (Å²) in [6, 6.07) is 15.0. The molecule has 1 aliphatic heterocycles. The smallest absolute Gasteiger partial charge is 0.265 e. The van der Waals surface area contributed by atoms with E-state index >= 15 is 0 Å². The van der Waals surface area contributed by atoms with Gasteiger partial charge in [-0.25, -0.2) is 8.42 Å². The SMILES string of the molecule is CC1Cc2ccccc2N1S(=O)(=O)c1csc(C(=O)Nc2ccccc2O)c1. The molecular formula is C20H18N2O4S2. The van der Waals surface area contributed by atoms with Crippen molar-refractivity contribution >= 4 is 38.6 Å². The van der Waals surface area contributed by atoms with Crippen LogP contribution in [0.3, 0.4) is 0 Å². The number of rotatable bonds is 4. The minimum absolute atomic E-state index is 0.0530. The van der Waals surface area contributed by atoms with Crippen molar-refractivity contribution in [2.75, 3.05) is 9.62 Å². The number of phenols is 1. The highest BCUT2D eigenvalue weighted by Crippen LogP contribution is 2.37. The van der Waals surface area contributed by atoms with Gasteiger partial charge in [-0.2, -0.15) is 0 Å². The molecule has 0 aliphatic carbocycles. The van der Waals surface area contributed by atoms with Crippen LogP contribution < -0.4 is 9.62 Å². The summed E-state index contributed by atoms with van der Waals surface area (Å²) in [6.07, 6.45) is 0.653. The molecule has 8 heteroatoms. The molecule has 2 heterocycles. The van der Waals surface area contributed by atoms with Gasteiger partial charge in [-0.05, 0) is 43.2 Å². The number of aromatic hydroxyl groups is 1. The van der Waals surface area contributed by atoms with Crippen LogP contribution in [-0.4, -0.2) is 25.5 Å². The van der Waals surface area contributed by atoms with Crippen molar-refractivity contribution in [1.29, 1.82) is 0 Å². The second-order valence-corrected chi connectivity index (χ2v) is 9.33. The zero-order valence-corrected chi connectivity index (χ0v) is 16.6. The van der Waals surface area contributed by atoms with E-state index in [1.54, 1.807) is 24.3 Å². The van der Waals surface area contributed by atoms with Crippen LogP contribution in [0.5, 0.6) is 5.75 Å². The number of para-hydroxylation sites is 3. The van der Waals surface area contributed by atoms with Crippen molar-refractivity contribution in [3.63, 3.8) is 0 Å². The third-order valence-electron chi connectivity index (χ3n) is 4.65. The highest BCUT2D eigenvalue weighted by Gasteiger charge is 2.36. The normalized spacial score (nSPS) is 16.0. The summed E-state index contributed by atoms with van der Waals surface area (Å²) < 4.78 is 27.9. The van der Waals surface area contributed by atoms with E-state index < -0.39 is 15.9 Å². The summed E-state index contributed by atoms with van der Waals surface area (Å²) in [4.78, 5) is 12.8. The molecule has 28 heavy (non-hydrogen) atoms. The summed E-state index contributed by atoms with van der Waals surface area (Å²) in [6.45, 7) is 1.87. The predicted molar refractivity (Wildman–Crippen MR) is 110 cm³/mol. The van der Waals surface area contributed by atoms with E-state index in [9.17, 15) is 18.3 Å². The third kappa shape index (κ3) is 3.14. The van der Waals surface area contributed by atoms with Gasteiger partial charge in [0, 0.05) is 11.4 Å². The van der Waals surface area contributed by atoms with Crippen molar-refractivity contribution in [3.05, 3.63) is 70.4 Å². The number of benzene rings is 2. The van der Waals surface area contributed by atoms with E-state index in [1.807, 2.05) is 25.1 Å². The number of phenolic OH excluding ortho intramolecular Hbond substituents is 1. The molecule has 1 aliphatic rings. The van der Waals surface area contributed by atoms with Gasteiger partial charge in [0.2, 0.25) is 0 Å². The van der Waals surface area contributed by atoms with E-state index in [4.69, 9.17) is 0 Å². The second kappa shape index (κ2) is 6.96. The van der Waals surface area contributed by atoms with Crippen LogP contribution in [-0.2, 0) is 16.4 Å². The van der Waals surface area contributed by atoms with E-state index in [0.29, 0.717) is 12.1 Å². The van der Waals surface area contributed by atoms with Crippen molar-refractivity contribution in [2.24, 2.45) is 0 Å². The maximum Gasteiger partial charge on any atom is 0.265 e. The Labute approximate surface area is 167 Å². The Balaban J connectivity index is 1.62. The fourth-order valence-corrected chi connectivity index (χ4v) is 6.20. The summed E-state index contributed by atoms with van der Waals surface area (Å²) in [7, 11) is -3.78. The van der Waals surface area contributed by atoms with Crippen LogP contribution >= 0.6 is 11.3 Å². The fraction of sp³-hybridized carbons (Fsp3) is 0.150. The van der Waals surface area contributed by atoms with Crippen molar-refractivity contribution < 1.29 is 18.3 Å². The largest absolute Gasteiger partial charge is 0.506 e. The monoisotopic (exact) mass is 414 g/mol. The molecule has 1 amide bonds. The molecular weight excluding hydrogens is 396 g/mol. The number of anilines is 2. The first-order chi connectivity index (χ1) is 13.4. The third-order valence-corrected chi connectivity index (χ3v) is 7.64. The summed E-state index contributed by atoms with van der Waals surface area (Å²) in [5.74, 6) is -0.523. The summed E-state index contributed by atoms with van der Waals surface area (Å²) >= 11 is 1.05. The molecule has 2 aromatic carbocycles. The molecule has 0 spiro atoms. The Morgan fingerprint density at radius 3 is 2.68 bits per heavy atom. The van der Waals surface area contributed by atoms with E-state index in [1.165, 1.54) is 21.8 Å². The van der Waals surface area contributed by atoms with Gasteiger partial charge in [-0.15, -0.1) is 11.3 Å². The highest BCUT2D eigenvalue weighted by molar-refractivity contribution is 7.93. The standard InChI is InChI=1S/C20H18N2O4S2/c1-13-10-14-6-2-4-8-17(14)22(13)28(25,26)15-11-19(27-12-15)20(24)21-16-7-3-5-9-18(16)23/h2-9,11-13,23H,10H2,1H3,(H,21,24). The van der Waals surface area contributed by atoms with Crippen LogP contribution in [0, 0.1) is 0 Å². The van der Waals surface area contributed by atoms with Gasteiger partial charge in [-0.3, -0.25) is 9.10 Å². The molecule has 0 saturated carbocycles. The molecule has 0 radical (unpaired) electrons. The van der Waals surface area contributed by atoms with E-state index in [2.05, 4.69) is 5.32 Å². The average molecular weight is 415 g/mol. The lowest BCUT2D eigenvalue weighted by Gasteiger charge is -2.23. The molecule has 0 bridgehead atoms. The molecule has 144 valence electrons. The number of carbonyl (C=O) groups is 1. The maximum atomic E-state index is 13.2. The Bertz CT molecular complexity index is 1150. The zero-order chi connectivity index (χ0) is 19.9. The lowest BCUT2D eigenvalue weighted by molar-refractivity contribution is 0.103. The first-order valence-corrected chi connectivity index (χ1v) is 11.0. The van der Waals surface area contributed by atoms with Crippen LogP contribution in [0.25, 0.3) is 0 Å². The van der Waals surface area contributed by atoms with Crippen LogP contribution in [0.1, 0.15) is 22.2 Å². The Morgan fingerprint density at radius 2 is 1.89 bits per heavy atom. The van der Waals surface area contributed by atoms with Gasteiger partial charge in [0.1, 0.15) is 5.75 Å². The molecule has 0 saturated heterocycles. The first-order valence-electron chi connectivity index (χ1n) is 8.68. The Kier molecular flexibility index (Phi) is 4.60. The minimum atomic E-state index is -3.78. The summed E-state index contributed by atoms with van der Waals surface area (Å²) in [5, 5.41) is 13.9. The van der Waals surface area contributed by atoms with Crippen LogP contribution in [0.4, 0.5) is 11.4 Å². The number of nitrogens with one attached hydrogen (secondary N) is 1. The number of amides is 1. The Morgan fingerprint density at radius 1 is 1.18 bits per heavy atom. The average Bonchev–Trinajstić information content (AvgIpc) is 3.28. The van der Waals surface area contributed by atoms with Gasteiger partial charge in [-0.1, -0.05) is 30.3 Å². The van der Waals surface area contributed by atoms with E-state index in [0.717, 1.165) is 16.9 Å². The zero-order valence-electron chi connectivity index (χ0n) is 15.0. The van der Waals surface area contributed by atoms with Gasteiger partial charge in [0.05, 0.1) is 21.1 Å². The van der Waals surface area contributed by atoms with Gasteiger partial charge >= 0.3 is 0 Å². The molecule has 3 aromatic rings. The first kappa shape index (κ1) is 18.5. The molecule has 0 fully saturated rings. The molecule has 1 unspecified atom stereocenters. The van der Waals surface area contributed by atoms with E-state index in [-0.39, 0.29) is 27.3 Å². The number of sulfonamides is 1. The lowest BCUT2D eigenvalue weighted by atomic mass is 10.1. The maximum absolute atomic E-state index is 13.2. The number of hydrogen-bond donors (Lipinski definition) is 2. The fourth-order valence-electron chi connectivity index (χ4n) is 3.35. The molecule has 2 N–H and O–H groups in total. The quantitative estimate of drug-likeness (QED) is 0.635. The number of nitrogens with zero attached hydrogens (tertiary/aromatic N) is 1. The Hall–Kier alpha value is -2.84. The predicted octanol–water partition coefficient (Wildman–Crippen LogP) is 3.85. The minimum Gasteiger partial charge on any atom is -0.506 e. The topological polar surface area (TPSA) is 86.7 Å². The number of thiophene rings is 1. The van der Waals surface area contributed by atoms with Gasteiger partial charge in [0.15, 0.2) is 0 Å². The molecule has 4 rings (SSSR count). The molecule has 6 nitrogen and oxygen atoms in total. The van der Waals surface area contributed by atoms with Gasteiger partial charge in [0.25, 0.3) is 15.9 Å². The van der Waals surface area contributed by atoms with Crippen LogP contribution in [0.15, 0.2) is 64.9 Å². The number of hydrogen-bond acceptors (Lipinski definition) is 5. The molecule has 1 aromatic heterocycles. The number of fused-ring (bicyclic) bond motifs is 1. The van der Waals surface area contributed by atoms with Crippen LogP contribution in [0.2, 0.25) is 0 Å². The highest BCUT2D eigenvalue weighted by atomic mass is 32.2. The number of carbonyl (C=O) groups excluding carboxylic acids is 1. The van der Waals surface area contributed by atoms with Crippen molar-refractivity contribution in [1.82, 2.24) is 0 Å². The van der Waals surface area contributed by atoms with Crippen molar-refractivity contribution in [3.8, 4) is 5.75 Å².